The van der Waals surface area contributed by atoms with Gasteiger partial charge in [-0.05, 0) is 51.6 Å². The van der Waals surface area contributed by atoms with E-state index in [0.717, 1.165) is 6.54 Å². The predicted octanol–water partition coefficient (Wildman–Crippen LogP) is 2.65. The van der Waals surface area contributed by atoms with E-state index in [-0.39, 0.29) is 0 Å². The van der Waals surface area contributed by atoms with E-state index in [1.807, 2.05) is 6.92 Å². The fourth-order valence-corrected chi connectivity index (χ4v) is 3.35. The maximum Gasteiger partial charge on any atom is 0.222 e. The molecule has 3 heteroatoms. The van der Waals surface area contributed by atoms with E-state index < -0.39 is 0 Å². The molecule has 2 aliphatic rings. The van der Waals surface area contributed by atoms with Gasteiger partial charge >= 0.3 is 0 Å². The Morgan fingerprint density at radius 2 is 1.78 bits per heavy atom. The van der Waals surface area contributed by atoms with Crippen LogP contribution in [-0.4, -0.2) is 47.9 Å². The Morgan fingerprint density at radius 3 is 2.50 bits per heavy atom. The normalized spacial score (nSPS) is 26.3. The van der Waals surface area contributed by atoms with Crippen molar-refractivity contribution in [2.24, 2.45) is 0 Å². The highest BCUT2D eigenvalue weighted by atomic mass is 16.2. The molecule has 0 unspecified atom stereocenters. The Morgan fingerprint density at radius 1 is 1.06 bits per heavy atom. The van der Waals surface area contributed by atoms with Gasteiger partial charge in [-0.1, -0.05) is 13.3 Å². The number of carbonyl (C=O) groups excluding carboxylic acids is 1. The minimum atomic E-state index is 0.360. The first-order valence-corrected chi connectivity index (χ1v) is 7.83. The molecule has 1 amide bonds. The molecule has 2 rings (SSSR count). The molecule has 0 bridgehead atoms. The van der Waals surface area contributed by atoms with Crippen LogP contribution in [0.1, 0.15) is 58.3 Å². The lowest BCUT2D eigenvalue weighted by molar-refractivity contribution is -0.134. The summed E-state index contributed by atoms with van der Waals surface area (Å²) in [5.41, 5.74) is 0. The molecule has 0 aromatic heterocycles. The molecule has 2 heterocycles. The first-order chi connectivity index (χ1) is 8.81. The van der Waals surface area contributed by atoms with E-state index >= 15 is 0 Å². The molecule has 0 saturated carbocycles. The van der Waals surface area contributed by atoms with Crippen LogP contribution in [0.4, 0.5) is 0 Å². The highest BCUT2D eigenvalue weighted by Gasteiger charge is 2.25. The summed E-state index contributed by atoms with van der Waals surface area (Å²) in [6, 6.07) is 0.521. The van der Waals surface area contributed by atoms with Crippen LogP contribution in [0.15, 0.2) is 0 Å². The molecule has 0 N–H and O–H groups in total. The second-order valence-corrected chi connectivity index (χ2v) is 5.78. The molecule has 2 fully saturated rings. The van der Waals surface area contributed by atoms with Gasteiger partial charge < -0.3 is 9.80 Å². The van der Waals surface area contributed by atoms with Gasteiger partial charge in [0.2, 0.25) is 5.91 Å². The summed E-state index contributed by atoms with van der Waals surface area (Å²) >= 11 is 0. The lowest BCUT2D eigenvalue weighted by Gasteiger charge is -2.37. The molecule has 0 spiro atoms. The monoisotopic (exact) mass is 252 g/mol. The van der Waals surface area contributed by atoms with Crippen molar-refractivity contribution in [3.63, 3.8) is 0 Å². The van der Waals surface area contributed by atoms with Gasteiger partial charge in [0, 0.05) is 25.6 Å². The summed E-state index contributed by atoms with van der Waals surface area (Å²) in [7, 11) is 0. The zero-order valence-electron chi connectivity index (χ0n) is 11.9. The summed E-state index contributed by atoms with van der Waals surface area (Å²) in [5, 5.41) is 0. The van der Waals surface area contributed by atoms with Gasteiger partial charge in [0.05, 0.1) is 0 Å². The number of piperidine rings is 2. The summed E-state index contributed by atoms with van der Waals surface area (Å²) in [5.74, 6) is 0.360. The van der Waals surface area contributed by atoms with Gasteiger partial charge in [-0.2, -0.15) is 0 Å². The molecule has 1 atom stereocenters. The summed E-state index contributed by atoms with van der Waals surface area (Å²) < 4.78 is 0. The van der Waals surface area contributed by atoms with Crippen molar-refractivity contribution in [3.8, 4) is 0 Å². The number of rotatable bonds is 4. The molecule has 3 nitrogen and oxygen atoms in total. The molecule has 2 aliphatic heterocycles. The van der Waals surface area contributed by atoms with Crippen molar-refractivity contribution in [3.05, 3.63) is 0 Å². The van der Waals surface area contributed by atoms with Crippen molar-refractivity contribution in [1.82, 2.24) is 9.80 Å². The van der Waals surface area contributed by atoms with Crippen LogP contribution in [-0.2, 0) is 4.79 Å². The van der Waals surface area contributed by atoms with Gasteiger partial charge in [-0.25, -0.2) is 0 Å². The minimum Gasteiger partial charge on any atom is -0.340 e. The zero-order valence-corrected chi connectivity index (χ0v) is 11.9. The minimum absolute atomic E-state index is 0.360. The molecule has 0 aromatic rings. The van der Waals surface area contributed by atoms with Crippen LogP contribution in [0.25, 0.3) is 0 Å². The van der Waals surface area contributed by atoms with Crippen molar-refractivity contribution < 1.29 is 4.79 Å². The van der Waals surface area contributed by atoms with Crippen molar-refractivity contribution in [1.29, 1.82) is 0 Å². The maximum atomic E-state index is 11.9. The van der Waals surface area contributed by atoms with E-state index in [0.29, 0.717) is 18.4 Å². The summed E-state index contributed by atoms with van der Waals surface area (Å²) in [6.45, 7) is 6.72. The van der Waals surface area contributed by atoms with Gasteiger partial charge in [-0.3, -0.25) is 4.79 Å². The van der Waals surface area contributed by atoms with Crippen molar-refractivity contribution >= 4 is 5.91 Å². The van der Waals surface area contributed by atoms with E-state index in [4.69, 9.17) is 0 Å². The standard InChI is InChI=1S/C15H28N2O/c1-2-15(18)17-12-7-4-8-14(17)9-13-16-10-5-3-6-11-16/h14H,2-13H2,1H3/t14-/m0/s1. The fraction of sp³-hybridized carbons (Fsp3) is 0.933. The van der Waals surface area contributed by atoms with Gasteiger partial charge in [0.1, 0.15) is 0 Å². The van der Waals surface area contributed by atoms with Crippen LogP contribution in [0.5, 0.6) is 0 Å². The quantitative estimate of drug-likeness (QED) is 0.768. The Kier molecular flexibility index (Phi) is 5.48. The van der Waals surface area contributed by atoms with E-state index in [1.165, 1.54) is 64.6 Å². The van der Waals surface area contributed by atoms with E-state index in [9.17, 15) is 4.79 Å². The number of nitrogens with zero attached hydrogens (tertiary/aromatic N) is 2. The first kappa shape index (κ1) is 13.9. The molecule has 0 radical (unpaired) electrons. The fourth-order valence-electron chi connectivity index (χ4n) is 3.35. The van der Waals surface area contributed by atoms with Gasteiger partial charge in [-0.15, -0.1) is 0 Å². The third-order valence-corrected chi connectivity index (χ3v) is 4.48. The van der Waals surface area contributed by atoms with E-state index in [2.05, 4.69) is 9.80 Å². The Labute approximate surface area is 112 Å². The molecule has 18 heavy (non-hydrogen) atoms. The number of hydrogen-bond acceptors (Lipinski definition) is 2. The predicted molar refractivity (Wildman–Crippen MR) is 74.6 cm³/mol. The smallest absolute Gasteiger partial charge is 0.222 e. The Balaban J connectivity index is 1.79. The second kappa shape index (κ2) is 7.13. The number of likely N-dealkylation sites (tertiary alicyclic amines) is 2. The molecule has 0 aromatic carbocycles. The Hall–Kier alpha value is -0.570. The van der Waals surface area contributed by atoms with Crippen LogP contribution >= 0.6 is 0 Å². The molecule has 2 saturated heterocycles. The van der Waals surface area contributed by atoms with Crippen LogP contribution in [0, 0.1) is 0 Å². The topological polar surface area (TPSA) is 23.6 Å². The number of carbonyl (C=O) groups is 1. The maximum absolute atomic E-state index is 11.9. The summed E-state index contributed by atoms with van der Waals surface area (Å²) in [6.07, 6.45) is 9.71. The molecular formula is C15H28N2O. The lowest BCUT2D eigenvalue weighted by Crippen LogP contribution is -2.45. The third kappa shape index (κ3) is 3.71. The third-order valence-electron chi connectivity index (χ3n) is 4.48. The lowest BCUT2D eigenvalue weighted by atomic mass is 9.98. The SMILES string of the molecule is CCC(=O)N1CCCC[C@H]1CCN1CCCCC1. The Bertz CT molecular complexity index is 261. The van der Waals surface area contributed by atoms with Crippen molar-refractivity contribution in [2.45, 2.75) is 64.3 Å². The average Bonchev–Trinajstić information content (AvgIpc) is 2.45. The molecular weight excluding hydrogens is 224 g/mol. The second-order valence-electron chi connectivity index (χ2n) is 5.78. The first-order valence-electron chi connectivity index (χ1n) is 7.83. The van der Waals surface area contributed by atoms with Crippen LogP contribution < -0.4 is 0 Å². The van der Waals surface area contributed by atoms with Crippen LogP contribution in [0.3, 0.4) is 0 Å². The van der Waals surface area contributed by atoms with Gasteiger partial charge in [0.15, 0.2) is 0 Å². The van der Waals surface area contributed by atoms with Crippen LogP contribution in [0.2, 0.25) is 0 Å². The highest BCUT2D eigenvalue weighted by molar-refractivity contribution is 5.76. The number of hydrogen-bond donors (Lipinski definition) is 0. The average molecular weight is 252 g/mol. The summed E-state index contributed by atoms with van der Waals surface area (Å²) in [4.78, 5) is 16.7. The number of amides is 1. The zero-order chi connectivity index (χ0) is 12.8. The van der Waals surface area contributed by atoms with E-state index in [1.54, 1.807) is 0 Å². The molecule has 104 valence electrons. The molecule has 0 aliphatic carbocycles. The van der Waals surface area contributed by atoms with Crippen molar-refractivity contribution in [2.75, 3.05) is 26.2 Å². The van der Waals surface area contributed by atoms with Gasteiger partial charge in [0.25, 0.3) is 0 Å². The highest BCUT2D eigenvalue weighted by Crippen LogP contribution is 2.21. The largest absolute Gasteiger partial charge is 0.340 e.